The van der Waals surface area contributed by atoms with E-state index in [9.17, 15) is 0 Å². The quantitative estimate of drug-likeness (QED) is 0.666. The number of aryl methyl sites for hydroxylation is 2. The van der Waals surface area contributed by atoms with Crippen LogP contribution < -0.4 is 0 Å². The molecule has 0 saturated heterocycles. The van der Waals surface area contributed by atoms with E-state index in [4.69, 9.17) is 11.6 Å². The number of hydrogen-bond acceptors (Lipinski definition) is 4. The van der Waals surface area contributed by atoms with E-state index in [1.165, 1.54) is 11.3 Å². The summed E-state index contributed by atoms with van der Waals surface area (Å²) in [6.07, 6.45) is 0. The minimum absolute atomic E-state index is 0.267. The van der Waals surface area contributed by atoms with Gasteiger partial charge >= 0.3 is 0 Å². The first kappa shape index (κ1) is 14.2. The van der Waals surface area contributed by atoms with Gasteiger partial charge in [-0.05, 0) is 31.5 Å². The number of nitrogens with zero attached hydrogens (tertiary/aromatic N) is 3. The number of hydrogen-bond donors (Lipinski definition) is 0. The molecule has 0 aliphatic carbocycles. The van der Waals surface area contributed by atoms with Crippen LogP contribution in [0.1, 0.15) is 27.3 Å². The molecular weight excluding hydrogens is 302 g/mol. The standard InChI is InChI=1S/C16H14ClN3S/c1-10-8-9-13(11(2)18-10)15-19-20-16(21-15)14(17)12-6-4-3-5-7-12/h3-9,14H,1-2H3. The van der Waals surface area contributed by atoms with Gasteiger partial charge < -0.3 is 0 Å². The van der Waals surface area contributed by atoms with Crippen LogP contribution in [0.4, 0.5) is 0 Å². The molecule has 0 bridgehead atoms. The largest absolute Gasteiger partial charge is 0.258 e. The summed E-state index contributed by atoms with van der Waals surface area (Å²) in [6.45, 7) is 3.96. The second kappa shape index (κ2) is 5.92. The minimum Gasteiger partial charge on any atom is -0.258 e. The molecule has 1 atom stereocenters. The lowest BCUT2D eigenvalue weighted by Gasteiger charge is -2.04. The van der Waals surface area contributed by atoms with Gasteiger partial charge in [-0.1, -0.05) is 41.7 Å². The zero-order valence-corrected chi connectivity index (χ0v) is 13.3. The summed E-state index contributed by atoms with van der Waals surface area (Å²) < 4.78 is 0. The van der Waals surface area contributed by atoms with Gasteiger partial charge in [0.1, 0.15) is 15.4 Å². The Labute approximate surface area is 132 Å². The summed E-state index contributed by atoms with van der Waals surface area (Å²) in [7, 11) is 0. The fraction of sp³-hybridized carbons (Fsp3) is 0.188. The summed E-state index contributed by atoms with van der Waals surface area (Å²) >= 11 is 8.00. The maximum absolute atomic E-state index is 6.49. The van der Waals surface area contributed by atoms with Crippen molar-refractivity contribution in [3.8, 4) is 10.6 Å². The van der Waals surface area contributed by atoms with Crippen molar-refractivity contribution in [1.82, 2.24) is 15.2 Å². The van der Waals surface area contributed by atoms with Gasteiger partial charge in [-0.15, -0.1) is 21.8 Å². The lowest BCUT2D eigenvalue weighted by molar-refractivity contribution is 0.985. The van der Waals surface area contributed by atoms with Gasteiger partial charge in [-0.2, -0.15) is 0 Å². The van der Waals surface area contributed by atoms with Gasteiger partial charge in [-0.3, -0.25) is 4.98 Å². The van der Waals surface area contributed by atoms with Gasteiger partial charge in [0.05, 0.1) is 0 Å². The van der Waals surface area contributed by atoms with Crippen LogP contribution in [-0.2, 0) is 0 Å². The Balaban J connectivity index is 1.93. The number of benzene rings is 1. The molecule has 2 heterocycles. The minimum atomic E-state index is -0.267. The predicted molar refractivity (Wildman–Crippen MR) is 86.8 cm³/mol. The van der Waals surface area contributed by atoms with Crippen molar-refractivity contribution < 1.29 is 0 Å². The molecule has 21 heavy (non-hydrogen) atoms. The molecule has 0 fully saturated rings. The first-order valence-electron chi connectivity index (χ1n) is 6.62. The Morgan fingerprint density at radius 2 is 1.76 bits per heavy atom. The van der Waals surface area contributed by atoms with Crippen LogP contribution in [-0.4, -0.2) is 15.2 Å². The molecule has 2 aromatic heterocycles. The third kappa shape index (κ3) is 2.96. The van der Waals surface area contributed by atoms with Crippen molar-refractivity contribution in [2.75, 3.05) is 0 Å². The lowest BCUT2D eigenvalue weighted by atomic mass is 10.1. The number of pyridine rings is 1. The summed E-state index contributed by atoms with van der Waals surface area (Å²) in [4.78, 5) is 4.47. The highest BCUT2D eigenvalue weighted by Gasteiger charge is 2.17. The van der Waals surface area contributed by atoms with E-state index in [1.54, 1.807) is 0 Å². The molecule has 0 saturated carbocycles. The molecule has 0 N–H and O–H groups in total. The van der Waals surface area contributed by atoms with E-state index >= 15 is 0 Å². The van der Waals surface area contributed by atoms with E-state index < -0.39 is 0 Å². The third-order valence-corrected chi connectivity index (χ3v) is 4.81. The molecule has 0 spiro atoms. The number of aromatic nitrogens is 3. The van der Waals surface area contributed by atoms with E-state index in [1.807, 2.05) is 56.3 Å². The van der Waals surface area contributed by atoms with Crippen molar-refractivity contribution in [1.29, 1.82) is 0 Å². The maximum Gasteiger partial charge on any atom is 0.149 e. The predicted octanol–water partition coefficient (Wildman–Crippen LogP) is 4.55. The molecule has 0 radical (unpaired) electrons. The second-order valence-corrected chi connectivity index (χ2v) is 6.25. The Morgan fingerprint density at radius 3 is 2.48 bits per heavy atom. The Hall–Kier alpha value is -1.78. The van der Waals surface area contributed by atoms with Crippen LogP contribution in [0, 0.1) is 13.8 Å². The van der Waals surface area contributed by atoms with Crippen LogP contribution in [0.15, 0.2) is 42.5 Å². The fourth-order valence-electron chi connectivity index (χ4n) is 2.12. The van der Waals surface area contributed by atoms with E-state index in [0.717, 1.165) is 32.5 Å². The molecule has 0 aliphatic heterocycles. The van der Waals surface area contributed by atoms with Crippen molar-refractivity contribution >= 4 is 22.9 Å². The van der Waals surface area contributed by atoms with Gasteiger partial charge in [0.25, 0.3) is 0 Å². The summed E-state index contributed by atoms with van der Waals surface area (Å²) in [5, 5.41) is 9.90. The Morgan fingerprint density at radius 1 is 1.00 bits per heavy atom. The van der Waals surface area contributed by atoms with Gasteiger partial charge in [0.15, 0.2) is 0 Å². The molecule has 3 rings (SSSR count). The highest BCUT2D eigenvalue weighted by Crippen LogP contribution is 2.34. The average molecular weight is 316 g/mol. The van der Waals surface area contributed by atoms with Gasteiger partial charge in [-0.25, -0.2) is 0 Å². The smallest absolute Gasteiger partial charge is 0.149 e. The van der Waals surface area contributed by atoms with Crippen LogP contribution in [0.2, 0.25) is 0 Å². The zero-order valence-electron chi connectivity index (χ0n) is 11.7. The topological polar surface area (TPSA) is 38.7 Å². The monoisotopic (exact) mass is 315 g/mol. The fourth-order valence-corrected chi connectivity index (χ4v) is 3.37. The molecule has 0 aliphatic rings. The van der Waals surface area contributed by atoms with Gasteiger partial charge in [0, 0.05) is 17.0 Å². The van der Waals surface area contributed by atoms with E-state index in [-0.39, 0.29) is 5.38 Å². The molecule has 0 amide bonds. The number of halogens is 1. The Bertz CT molecular complexity index is 755. The maximum atomic E-state index is 6.49. The Kier molecular flexibility index (Phi) is 3.99. The summed E-state index contributed by atoms with van der Waals surface area (Å²) in [5.41, 5.74) is 4.01. The molecule has 106 valence electrons. The highest BCUT2D eigenvalue weighted by molar-refractivity contribution is 7.15. The van der Waals surface area contributed by atoms with Crippen molar-refractivity contribution in [3.05, 3.63) is 64.4 Å². The van der Waals surface area contributed by atoms with E-state index in [2.05, 4.69) is 15.2 Å². The summed E-state index contributed by atoms with van der Waals surface area (Å²) in [5.74, 6) is 0. The molecular formula is C16H14ClN3S. The lowest BCUT2D eigenvalue weighted by Crippen LogP contribution is -1.91. The molecule has 3 aromatic rings. The second-order valence-electron chi connectivity index (χ2n) is 4.80. The van der Waals surface area contributed by atoms with Crippen molar-refractivity contribution in [2.45, 2.75) is 19.2 Å². The van der Waals surface area contributed by atoms with Crippen LogP contribution in [0.3, 0.4) is 0 Å². The van der Waals surface area contributed by atoms with Crippen molar-refractivity contribution in [2.24, 2.45) is 0 Å². The molecule has 5 heteroatoms. The van der Waals surface area contributed by atoms with Crippen LogP contribution >= 0.6 is 22.9 Å². The molecule has 3 nitrogen and oxygen atoms in total. The van der Waals surface area contributed by atoms with Crippen molar-refractivity contribution in [3.63, 3.8) is 0 Å². The first-order valence-corrected chi connectivity index (χ1v) is 7.87. The first-order chi connectivity index (χ1) is 10.1. The SMILES string of the molecule is Cc1ccc(-c2nnc(C(Cl)c3ccccc3)s2)c(C)n1. The number of alkyl halides is 1. The number of rotatable bonds is 3. The zero-order chi connectivity index (χ0) is 14.8. The van der Waals surface area contributed by atoms with Crippen LogP contribution in [0.25, 0.3) is 10.6 Å². The third-order valence-electron chi connectivity index (χ3n) is 3.21. The van der Waals surface area contributed by atoms with E-state index in [0.29, 0.717) is 0 Å². The molecule has 1 aromatic carbocycles. The summed E-state index contributed by atoms with van der Waals surface area (Å²) in [6, 6.07) is 13.9. The van der Waals surface area contributed by atoms with Crippen LogP contribution in [0.5, 0.6) is 0 Å². The normalized spacial score (nSPS) is 12.3. The van der Waals surface area contributed by atoms with Gasteiger partial charge in [0.2, 0.25) is 0 Å². The highest BCUT2D eigenvalue weighted by atomic mass is 35.5. The average Bonchev–Trinajstić information content (AvgIpc) is 2.97. The molecule has 1 unspecified atom stereocenters.